The molecular weight excluding hydrogens is 381 g/mol. The van der Waals surface area contributed by atoms with E-state index in [4.69, 9.17) is 9.47 Å². The summed E-state index contributed by atoms with van der Waals surface area (Å²) in [5.74, 6) is 0.823. The number of aryl methyl sites for hydroxylation is 1. The zero-order valence-corrected chi connectivity index (χ0v) is 16.6. The molecular formula is C25H24FNO3. The third-order valence-corrected chi connectivity index (χ3v) is 5.15. The van der Waals surface area contributed by atoms with Gasteiger partial charge in [0.2, 0.25) is 0 Å². The molecule has 1 amide bonds. The van der Waals surface area contributed by atoms with E-state index in [0.29, 0.717) is 24.5 Å². The number of rotatable bonds is 6. The molecule has 0 aromatic heterocycles. The molecule has 0 radical (unpaired) electrons. The van der Waals surface area contributed by atoms with Gasteiger partial charge in [-0.25, -0.2) is 4.39 Å². The third kappa shape index (κ3) is 4.98. The summed E-state index contributed by atoms with van der Waals surface area (Å²) in [6, 6.07) is 21.3. The first kappa shape index (κ1) is 20.0. The van der Waals surface area contributed by atoms with Crippen LogP contribution in [-0.4, -0.2) is 19.1 Å². The summed E-state index contributed by atoms with van der Waals surface area (Å²) in [6.07, 6.45) is 2.36. The van der Waals surface area contributed by atoms with Crippen LogP contribution in [0.4, 0.5) is 4.39 Å². The fraction of sp³-hybridized carbons (Fsp3) is 0.240. The molecule has 30 heavy (non-hydrogen) atoms. The van der Waals surface area contributed by atoms with Crippen molar-refractivity contribution in [3.63, 3.8) is 0 Å². The van der Waals surface area contributed by atoms with Crippen LogP contribution >= 0.6 is 0 Å². The van der Waals surface area contributed by atoms with Crippen LogP contribution in [0.1, 0.15) is 40.4 Å². The smallest absolute Gasteiger partial charge is 0.251 e. The molecule has 3 aromatic rings. The Balaban J connectivity index is 1.57. The maximum atomic E-state index is 13.2. The summed E-state index contributed by atoms with van der Waals surface area (Å²) in [6.45, 7) is 1.23. The number of halogens is 1. The number of carbonyl (C=O) groups is 1. The van der Waals surface area contributed by atoms with E-state index in [9.17, 15) is 9.18 Å². The van der Waals surface area contributed by atoms with E-state index in [0.717, 1.165) is 30.6 Å². The number of benzene rings is 3. The van der Waals surface area contributed by atoms with Gasteiger partial charge in [-0.3, -0.25) is 4.79 Å². The number of fused-ring (bicyclic) bond motifs is 1. The number of ether oxygens (including phenoxy) is 2. The molecule has 0 saturated heterocycles. The molecule has 0 aliphatic carbocycles. The van der Waals surface area contributed by atoms with Gasteiger partial charge in [-0.2, -0.15) is 0 Å². The fourth-order valence-electron chi connectivity index (χ4n) is 3.52. The van der Waals surface area contributed by atoms with Crippen molar-refractivity contribution in [3.05, 3.63) is 95.3 Å². The minimum atomic E-state index is -0.366. The van der Waals surface area contributed by atoms with Gasteiger partial charge in [-0.05, 0) is 60.4 Å². The Hall–Kier alpha value is -3.34. The standard InChI is InChI=1S/C25H24FNO3/c26-21-11-8-19(9-12-21)25(28)27-22(13-7-18-5-2-1-3-6-18)20-10-14-23-24(17-20)30-16-4-15-29-23/h1-3,5-6,8-12,14,17,22H,4,7,13,15-16H2,(H,27,28). The van der Waals surface area contributed by atoms with Gasteiger partial charge in [0, 0.05) is 12.0 Å². The Bertz CT molecular complexity index is 989. The normalized spacial score (nSPS) is 13.9. The second-order valence-corrected chi connectivity index (χ2v) is 7.31. The Morgan fingerprint density at radius 3 is 2.43 bits per heavy atom. The number of amides is 1. The van der Waals surface area contributed by atoms with Crippen LogP contribution in [0.15, 0.2) is 72.8 Å². The molecule has 3 aromatic carbocycles. The van der Waals surface area contributed by atoms with Gasteiger partial charge in [0.1, 0.15) is 5.82 Å². The van der Waals surface area contributed by atoms with E-state index in [1.54, 1.807) is 0 Å². The summed E-state index contributed by atoms with van der Waals surface area (Å²) >= 11 is 0. The number of carbonyl (C=O) groups excluding carboxylic acids is 1. The highest BCUT2D eigenvalue weighted by atomic mass is 19.1. The fourth-order valence-corrected chi connectivity index (χ4v) is 3.52. The minimum absolute atomic E-state index is 0.222. The monoisotopic (exact) mass is 405 g/mol. The van der Waals surface area contributed by atoms with Crippen LogP contribution in [0.25, 0.3) is 0 Å². The Morgan fingerprint density at radius 1 is 0.933 bits per heavy atom. The van der Waals surface area contributed by atoms with Crippen molar-refractivity contribution < 1.29 is 18.7 Å². The van der Waals surface area contributed by atoms with Gasteiger partial charge < -0.3 is 14.8 Å². The highest BCUT2D eigenvalue weighted by Gasteiger charge is 2.19. The van der Waals surface area contributed by atoms with Gasteiger partial charge in [-0.15, -0.1) is 0 Å². The lowest BCUT2D eigenvalue weighted by Crippen LogP contribution is -2.29. The molecule has 4 rings (SSSR count). The summed E-state index contributed by atoms with van der Waals surface area (Å²) < 4.78 is 24.8. The molecule has 0 fully saturated rings. The highest BCUT2D eigenvalue weighted by molar-refractivity contribution is 5.94. The zero-order chi connectivity index (χ0) is 20.8. The van der Waals surface area contributed by atoms with Gasteiger partial charge in [-0.1, -0.05) is 36.4 Å². The van der Waals surface area contributed by atoms with Gasteiger partial charge in [0.25, 0.3) is 5.91 Å². The SMILES string of the molecule is O=C(NC(CCc1ccccc1)c1ccc2c(c1)OCCCO2)c1ccc(F)cc1. The molecule has 1 aliphatic heterocycles. The van der Waals surface area contributed by atoms with Gasteiger partial charge in [0.15, 0.2) is 11.5 Å². The predicted octanol–water partition coefficient (Wildman–Crippen LogP) is 5.09. The third-order valence-electron chi connectivity index (χ3n) is 5.15. The van der Waals surface area contributed by atoms with Gasteiger partial charge >= 0.3 is 0 Å². The zero-order valence-electron chi connectivity index (χ0n) is 16.6. The molecule has 1 atom stereocenters. The molecule has 1 N–H and O–H groups in total. The van der Waals surface area contributed by atoms with Gasteiger partial charge in [0.05, 0.1) is 19.3 Å². The highest BCUT2D eigenvalue weighted by Crippen LogP contribution is 2.33. The molecule has 4 nitrogen and oxygen atoms in total. The first-order valence-corrected chi connectivity index (χ1v) is 10.2. The molecule has 0 spiro atoms. The molecule has 1 heterocycles. The average molecular weight is 405 g/mol. The van der Waals surface area contributed by atoms with E-state index in [2.05, 4.69) is 17.4 Å². The second kappa shape index (κ2) is 9.44. The van der Waals surface area contributed by atoms with Crippen LogP contribution in [-0.2, 0) is 6.42 Å². The van der Waals surface area contributed by atoms with Crippen LogP contribution < -0.4 is 14.8 Å². The first-order valence-electron chi connectivity index (χ1n) is 10.2. The van der Waals surface area contributed by atoms with E-state index in [1.807, 2.05) is 36.4 Å². The van der Waals surface area contributed by atoms with Crippen molar-refractivity contribution in [2.24, 2.45) is 0 Å². The van der Waals surface area contributed by atoms with E-state index >= 15 is 0 Å². The second-order valence-electron chi connectivity index (χ2n) is 7.31. The molecule has 5 heteroatoms. The van der Waals surface area contributed by atoms with Crippen molar-refractivity contribution in [2.45, 2.75) is 25.3 Å². The maximum Gasteiger partial charge on any atom is 0.251 e. The Kier molecular flexibility index (Phi) is 6.28. The van der Waals surface area contributed by atoms with E-state index in [1.165, 1.54) is 29.8 Å². The molecule has 154 valence electrons. The van der Waals surface area contributed by atoms with Crippen molar-refractivity contribution in [1.29, 1.82) is 0 Å². The Labute approximate surface area is 175 Å². The lowest BCUT2D eigenvalue weighted by Gasteiger charge is -2.21. The largest absolute Gasteiger partial charge is 0.490 e. The minimum Gasteiger partial charge on any atom is -0.490 e. The van der Waals surface area contributed by atoms with Crippen molar-refractivity contribution >= 4 is 5.91 Å². The van der Waals surface area contributed by atoms with Crippen molar-refractivity contribution in [2.75, 3.05) is 13.2 Å². The molecule has 1 unspecified atom stereocenters. The summed E-state index contributed by atoms with van der Waals surface area (Å²) in [7, 11) is 0. The lowest BCUT2D eigenvalue weighted by atomic mass is 9.98. The summed E-state index contributed by atoms with van der Waals surface area (Å²) in [4.78, 5) is 12.8. The first-order chi connectivity index (χ1) is 14.7. The number of nitrogens with one attached hydrogen (secondary N) is 1. The molecule has 0 saturated carbocycles. The van der Waals surface area contributed by atoms with Crippen LogP contribution in [0.3, 0.4) is 0 Å². The van der Waals surface area contributed by atoms with E-state index in [-0.39, 0.29) is 17.8 Å². The quantitative estimate of drug-likeness (QED) is 0.621. The lowest BCUT2D eigenvalue weighted by molar-refractivity contribution is 0.0934. The van der Waals surface area contributed by atoms with Crippen molar-refractivity contribution in [3.8, 4) is 11.5 Å². The van der Waals surface area contributed by atoms with Crippen LogP contribution in [0, 0.1) is 5.82 Å². The topological polar surface area (TPSA) is 47.6 Å². The average Bonchev–Trinajstić information content (AvgIpc) is 3.02. The number of hydrogen-bond donors (Lipinski definition) is 1. The molecule has 1 aliphatic rings. The van der Waals surface area contributed by atoms with Crippen LogP contribution in [0.2, 0.25) is 0 Å². The Morgan fingerprint density at radius 2 is 1.67 bits per heavy atom. The maximum absolute atomic E-state index is 13.2. The van der Waals surface area contributed by atoms with E-state index < -0.39 is 0 Å². The predicted molar refractivity (Wildman–Crippen MR) is 113 cm³/mol. The van der Waals surface area contributed by atoms with Crippen molar-refractivity contribution in [1.82, 2.24) is 5.32 Å². The summed E-state index contributed by atoms with van der Waals surface area (Å²) in [5.41, 5.74) is 2.58. The summed E-state index contributed by atoms with van der Waals surface area (Å²) in [5, 5.41) is 3.10. The van der Waals surface area contributed by atoms with Crippen LogP contribution in [0.5, 0.6) is 11.5 Å². The molecule has 0 bridgehead atoms. The number of hydrogen-bond acceptors (Lipinski definition) is 3.